The molecule has 0 amide bonds. The molecule has 8 nitrogen and oxygen atoms in total. The highest BCUT2D eigenvalue weighted by Crippen LogP contribution is 2.30. The Bertz CT molecular complexity index is 721. The molecule has 0 saturated carbocycles. The van der Waals surface area contributed by atoms with E-state index in [0.717, 1.165) is 0 Å². The number of aromatic nitrogens is 4. The van der Waals surface area contributed by atoms with Crippen LogP contribution in [0.1, 0.15) is 6.92 Å². The largest absolute Gasteiger partial charge is 0.493 e. The Kier molecular flexibility index (Phi) is 3.04. The fourth-order valence-corrected chi connectivity index (χ4v) is 1.70. The normalized spacial score (nSPS) is 10.7. The summed E-state index contributed by atoms with van der Waals surface area (Å²) in [6.07, 6.45) is 0. The van der Waals surface area contributed by atoms with E-state index in [1.165, 1.54) is 0 Å². The number of ether oxygens (including phenoxy) is 1. The van der Waals surface area contributed by atoms with Gasteiger partial charge in [-0.3, -0.25) is 0 Å². The number of para-hydroxylation sites is 1. The first-order valence-corrected chi connectivity index (χ1v) is 5.94. The van der Waals surface area contributed by atoms with E-state index in [9.17, 15) is 0 Å². The van der Waals surface area contributed by atoms with Gasteiger partial charge in [-0.15, -0.1) is 0 Å². The summed E-state index contributed by atoms with van der Waals surface area (Å²) in [5.41, 5.74) is 6.53. The van der Waals surface area contributed by atoms with Crippen LogP contribution in [-0.4, -0.2) is 27.1 Å². The predicted molar refractivity (Wildman–Crippen MR) is 68.6 cm³/mol. The van der Waals surface area contributed by atoms with Crippen molar-refractivity contribution in [3.63, 3.8) is 0 Å². The van der Waals surface area contributed by atoms with Crippen LogP contribution < -0.4 is 10.5 Å². The van der Waals surface area contributed by atoms with Crippen LogP contribution in [0.4, 0.5) is 5.82 Å². The summed E-state index contributed by atoms with van der Waals surface area (Å²) in [7, 11) is 0. The number of benzene rings is 1. The van der Waals surface area contributed by atoms with Crippen molar-refractivity contribution >= 4 is 5.82 Å². The van der Waals surface area contributed by atoms with E-state index in [4.69, 9.17) is 15.0 Å². The fraction of sp³-hybridized carbons (Fsp3) is 0.167. The van der Waals surface area contributed by atoms with Gasteiger partial charge in [-0.2, -0.15) is 4.98 Å². The SMILES string of the molecule is CCOc1ccccc1-c1nc(-c2nonc2N)no1. The lowest BCUT2D eigenvalue weighted by atomic mass is 10.2. The van der Waals surface area contributed by atoms with Gasteiger partial charge < -0.3 is 15.0 Å². The molecule has 0 atom stereocenters. The highest BCUT2D eigenvalue weighted by atomic mass is 16.6. The first-order chi connectivity index (χ1) is 9.79. The highest BCUT2D eigenvalue weighted by molar-refractivity contribution is 5.67. The van der Waals surface area contributed by atoms with E-state index in [0.29, 0.717) is 23.8 Å². The lowest BCUT2D eigenvalue weighted by Crippen LogP contribution is -1.94. The lowest BCUT2D eigenvalue weighted by molar-refractivity contribution is 0.310. The van der Waals surface area contributed by atoms with Crippen LogP contribution in [0, 0.1) is 0 Å². The molecule has 0 saturated heterocycles. The van der Waals surface area contributed by atoms with Crippen molar-refractivity contribution < 1.29 is 13.9 Å². The third kappa shape index (κ3) is 2.07. The molecule has 8 heteroatoms. The van der Waals surface area contributed by atoms with E-state index in [-0.39, 0.29) is 17.3 Å². The lowest BCUT2D eigenvalue weighted by Gasteiger charge is -2.05. The van der Waals surface area contributed by atoms with Gasteiger partial charge in [0.05, 0.1) is 12.2 Å². The molecule has 2 heterocycles. The minimum Gasteiger partial charge on any atom is -0.493 e. The summed E-state index contributed by atoms with van der Waals surface area (Å²) >= 11 is 0. The van der Waals surface area contributed by atoms with Crippen molar-refractivity contribution in [3.05, 3.63) is 24.3 Å². The second-order valence-corrected chi connectivity index (χ2v) is 3.85. The highest BCUT2D eigenvalue weighted by Gasteiger charge is 2.19. The topological polar surface area (TPSA) is 113 Å². The van der Waals surface area contributed by atoms with Crippen LogP contribution >= 0.6 is 0 Å². The van der Waals surface area contributed by atoms with Gasteiger partial charge in [-0.1, -0.05) is 17.3 Å². The zero-order valence-electron chi connectivity index (χ0n) is 10.6. The van der Waals surface area contributed by atoms with Gasteiger partial charge in [0.25, 0.3) is 5.89 Å². The van der Waals surface area contributed by atoms with Crippen molar-refractivity contribution in [2.24, 2.45) is 0 Å². The number of nitrogens with two attached hydrogens (primary N) is 1. The molecule has 20 heavy (non-hydrogen) atoms. The van der Waals surface area contributed by atoms with Gasteiger partial charge in [0.15, 0.2) is 11.5 Å². The average Bonchev–Trinajstić information content (AvgIpc) is 3.08. The van der Waals surface area contributed by atoms with Crippen LogP contribution in [-0.2, 0) is 0 Å². The minimum absolute atomic E-state index is 0.107. The van der Waals surface area contributed by atoms with Gasteiger partial charge in [-0.05, 0) is 29.4 Å². The summed E-state index contributed by atoms with van der Waals surface area (Å²) in [5.74, 6) is 1.29. The predicted octanol–water partition coefficient (Wildman–Crippen LogP) is 1.77. The van der Waals surface area contributed by atoms with E-state index < -0.39 is 0 Å². The molecular formula is C12H11N5O3. The third-order valence-corrected chi connectivity index (χ3v) is 2.57. The molecule has 0 spiro atoms. The second kappa shape index (κ2) is 5.00. The first kappa shape index (κ1) is 12.2. The van der Waals surface area contributed by atoms with E-state index in [2.05, 4.69) is 25.1 Å². The zero-order valence-corrected chi connectivity index (χ0v) is 10.6. The monoisotopic (exact) mass is 273 g/mol. The molecule has 0 aliphatic heterocycles. The molecule has 1 aromatic carbocycles. The summed E-state index contributed by atoms with van der Waals surface area (Å²) < 4.78 is 15.2. The van der Waals surface area contributed by atoms with Crippen molar-refractivity contribution in [3.8, 4) is 28.7 Å². The maximum atomic E-state index is 5.58. The molecule has 0 unspecified atom stereocenters. The quantitative estimate of drug-likeness (QED) is 0.765. The third-order valence-electron chi connectivity index (χ3n) is 2.57. The Morgan fingerprint density at radius 3 is 2.80 bits per heavy atom. The van der Waals surface area contributed by atoms with Crippen molar-refractivity contribution in [1.29, 1.82) is 0 Å². The Hall–Kier alpha value is -2.90. The zero-order chi connectivity index (χ0) is 13.9. The van der Waals surface area contributed by atoms with Crippen LogP contribution in [0.25, 0.3) is 23.0 Å². The molecule has 0 fully saturated rings. The average molecular weight is 273 g/mol. The number of hydrogen-bond donors (Lipinski definition) is 1. The summed E-state index contributed by atoms with van der Waals surface area (Å²) in [6, 6.07) is 7.38. The number of hydrogen-bond acceptors (Lipinski definition) is 8. The molecule has 2 aromatic heterocycles. The van der Waals surface area contributed by atoms with Gasteiger partial charge >= 0.3 is 0 Å². The number of nitrogen functional groups attached to an aromatic ring is 1. The number of rotatable bonds is 4. The Labute approximate surface area is 113 Å². The fourth-order valence-electron chi connectivity index (χ4n) is 1.70. The molecule has 0 aliphatic carbocycles. The second-order valence-electron chi connectivity index (χ2n) is 3.85. The summed E-state index contributed by atoms with van der Waals surface area (Å²) in [4.78, 5) is 4.23. The van der Waals surface area contributed by atoms with Gasteiger partial charge in [0, 0.05) is 0 Å². The minimum atomic E-state index is 0.107. The van der Waals surface area contributed by atoms with Crippen LogP contribution in [0.15, 0.2) is 33.4 Å². The molecule has 0 radical (unpaired) electrons. The Balaban J connectivity index is 2.00. The Morgan fingerprint density at radius 2 is 2.05 bits per heavy atom. The standard InChI is InChI=1S/C12H11N5O3/c1-2-18-8-6-4-3-5-7(8)12-14-11(17-19-12)9-10(13)16-20-15-9/h3-6H,2H2,1H3,(H2,13,16). The van der Waals surface area contributed by atoms with E-state index in [1.807, 2.05) is 31.2 Å². The molecule has 102 valence electrons. The summed E-state index contributed by atoms with van der Waals surface area (Å²) in [6.45, 7) is 2.44. The molecule has 0 bridgehead atoms. The first-order valence-electron chi connectivity index (χ1n) is 5.94. The van der Waals surface area contributed by atoms with Crippen molar-refractivity contribution in [2.75, 3.05) is 12.3 Å². The van der Waals surface area contributed by atoms with E-state index in [1.54, 1.807) is 0 Å². The van der Waals surface area contributed by atoms with Crippen LogP contribution in [0.3, 0.4) is 0 Å². The van der Waals surface area contributed by atoms with Gasteiger partial charge in [-0.25, -0.2) is 4.63 Å². The van der Waals surface area contributed by atoms with Crippen molar-refractivity contribution in [2.45, 2.75) is 6.92 Å². The molecule has 3 rings (SSSR count). The summed E-state index contributed by atoms with van der Waals surface area (Å²) in [5, 5.41) is 10.9. The van der Waals surface area contributed by atoms with E-state index >= 15 is 0 Å². The van der Waals surface area contributed by atoms with Crippen molar-refractivity contribution in [1.82, 2.24) is 20.5 Å². The van der Waals surface area contributed by atoms with Crippen LogP contribution in [0.5, 0.6) is 5.75 Å². The number of nitrogens with zero attached hydrogens (tertiary/aromatic N) is 4. The maximum Gasteiger partial charge on any atom is 0.262 e. The smallest absolute Gasteiger partial charge is 0.262 e. The Morgan fingerprint density at radius 1 is 1.20 bits per heavy atom. The van der Waals surface area contributed by atoms with Crippen LogP contribution in [0.2, 0.25) is 0 Å². The maximum absolute atomic E-state index is 5.58. The molecule has 0 aliphatic rings. The van der Waals surface area contributed by atoms with Gasteiger partial charge in [0.1, 0.15) is 5.75 Å². The molecule has 2 N–H and O–H groups in total. The molecular weight excluding hydrogens is 262 g/mol. The van der Waals surface area contributed by atoms with Gasteiger partial charge in [0.2, 0.25) is 5.82 Å². The molecule has 3 aromatic rings. The number of anilines is 1.